The molecule has 0 unspecified atom stereocenters. The molecule has 0 aliphatic carbocycles. The van der Waals surface area contributed by atoms with Crippen LogP contribution in [0.5, 0.6) is 0 Å². The van der Waals surface area contributed by atoms with Crippen LogP contribution in [0.1, 0.15) is 16.1 Å². The van der Waals surface area contributed by atoms with Crippen molar-refractivity contribution in [1.82, 2.24) is 19.9 Å². The molecule has 2 N–H and O–H groups in total. The van der Waals surface area contributed by atoms with Crippen molar-refractivity contribution >= 4 is 29.0 Å². The second kappa shape index (κ2) is 8.60. The third-order valence-corrected chi connectivity index (χ3v) is 5.17. The maximum Gasteiger partial charge on any atom is 0.255 e. The first-order valence-electron chi connectivity index (χ1n) is 7.48. The van der Waals surface area contributed by atoms with Gasteiger partial charge in [-0.15, -0.1) is 11.3 Å². The predicted octanol–water partition coefficient (Wildman–Crippen LogP) is 2.56. The minimum absolute atomic E-state index is 0.119. The first-order valence-corrected chi connectivity index (χ1v) is 9.52. The lowest BCUT2D eigenvalue weighted by Gasteiger charge is -2.06. The molecule has 0 amide bonds. The van der Waals surface area contributed by atoms with E-state index in [0.29, 0.717) is 17.9 Å². The molecule has 24 heavy (non-hydrogen) atoms. The predicted molar refractivity (Wildman–Crippen MR) is 98.7 cm³/mol. The number of nitrogens with zero attached hydrogens (tertiary/aromatic N) is 3. The number of thioether (sulfide) groups is 1. The molecule has 0 aliphatic rings. The molecule has 0 fully saturated rings. The Balaban J connectivity index is 1.47. The molecule has 3 aromatic rings. The van der Waals surface area contributed by atoms with E-state index in [0.717, 1.165) is 28.6 Å². The van der Waals surface area contributed by atoms with Gasteiger partial charge in [0.25, 0.3) is 5.56 Å². The third-order valence-electron chi connectivity index (χ3n) is 3.24. The highest BCUT2D eigenvalue weighted by Gasteiger charge is 2.04. The molecule has 124 valence electrons. The molecule has 0 saturated heterocycles. The van der Waals surface area contributed by atoms with E-state index in [1.807, 2.05) is 23.7 Å². The van der Waals surface area contributed by atoms with E-state index < -0.39 is 0 Å². The summed E-state index contributed by atoms with van der Waals surface area (Å²) >= 11 is 3.46. The largest absolute Gasteiger partial charge is 0.355 e. The molecule has 3 rings (SSSR count). The zero-order valence-electron chi connectivity index (χ0n) is 12.9. The van der Waals surface area contributed by atoms with Crippen molar-refractivity contribution in [2.45, 2.75) is 12.2 Å². The second-order valence-corrected chi connectivity index (χ2v) is 7.11. The molecule has 0 saturated carbocycles. The number of thiazole rings is 1. The number of aromatic nitrogens is 4. The van der Waals surface area contributed by atoms with E-state index in [1.54, 1.807) is 41.7 Å². The summed E-state index contributed by atoms with van der Waals surface area (Å²) in [7, 11) is 0. The first-order chi connectivity index (χ1) is 11.8. The van der Waals surface area contributed by atoms with Gasteiger partial charge >= 0.3 is 0 Å². The third kappa shape index (κ3) is 4.90. The Kier molecular flexibility index (Phi) is 5.97. The van der Waals surface area contributed by atoms with Crippen LogP contribution < -0.4 is 10.9 Å². The number of hydrogen-bond donors (Lipinski definition) is 2. The Bertz CT molecular complexity index is 805. The minimum Gasteiger partial charge on any atom is -0.355 e. The van der Waals surface area contributed by atoms with Gasteiger partial charge in [-0.3, -0.25) is 14.8 Å². The lowest BCUT2D eigenvalue weighted by Crippen LogP contribution is -2.18. The average molecular weight is 359 g/mol. The molecule has 0 spiro atoms. The summed E-state index contributed by atoms with van der Waals surface area (Å²) in [5.74, 6) is 2.33. The minimum atomic E-state index is -0.119. The number of nitrogens with one attached hydrogen (secondary N) is 2. The van der Waals surface area contributed by atoms with Crippen LogP contribution in [0.15, 0.2) is 47.1 Å². The van der Waals surface area contributed by atoms with Crippen molar-refractivity contribution < 1.29 is 0 Å². The SMILES string of the molecule is O=c1[nH]c(NCCSCc2nccs2)ncc1Cc1cccnc1. The van der Waals surface area contributed by atoms with Crippen LogP contribution >= 0.6 is 23.1 Å². The number of hydrogen-bond acceptors (Lipinski definition) is 7. The molecule has 6 nitrogen and oxygen atoms in total. The molecule has 3 aromatic heterocycles. The molecule has 0 bridgehead atoms. The van der Waals surface area contributed by atoms with Crippen molar-refractivity contribution in [2.75, 3.05) is 17.6 Å². The standard InChI is InChI=1S/C16H17N5OS2/c22-15-13(8-12-2-1-3-17-9-12)10-20-16(21-15)19-4-6-23-11-14-18-5-7-24-14/h1-3,5,7,9-10H,4,6,8,11H2,(H2,19,20,21,22). The van der Waals surface area contributed by atoms with E-state index >= 15 is 0 Å². The molecule has 8 heteroatoms. The fourth-order valence-electron chi connectivity index (χ4n) is 2.08. The van der Waals surface area contributed by atoms with Gasteiger partial charge in [-0.2, -0.15) is 11.8 Å². The van der Waals surface area contributed by atoms with Gasteiger partial charge in [0, 0.05) is 60.2 Å². The average Bonchev–Trinajstić information content (AvgIpc) is 3.11. The van der Waals surface area contributed by atoms with Crippen LogP contribution in [-0.4, -0.2) is 32.2 Å². The van der Waals surface area contributed by atoms with Gasteiger partial charge in [0.05, 0.1) is 0 Å². The smallest absolute Gasteiger partial charge is 0.255 e. The number of pyridine rings is 1. The Morgan fingerprint density at radius 1 is 1.25 bits per heavy atom. The fourth-order valence-corrected chi connectivity index (χ4v) is 3.65. The Hall–Kier alpha value is -2.19. The molecular weight excluding hydrogens is 342 g/mol. The summed E-state index contributed by atoms with van der Waals surface area (Å²) < 4.78 is 0. The summed E-state index contributed by atoms with van der Waals surface area (Å²) in [6, 6.07) is 3.80. The first kappa shape index (κ1) is 16.7. The monoisotopic (exact) mass is 359 g/mol. The van der Waals surface area contributed by atoms with Crippen molar-refractivity contribution in [3.63, 3.8) is 0 Å². The number of anilines is 1. The quantitative estimate of drug-likeness (QED) is 0.602. The highest BCUT2D eigenvalue weighted by molar-refractivity contribution is 7.98. The van der Waals surface area contributed by atoms with Crippen LogP contribution in [0.3, 0.4) is 0 Å². The van der Waals surface area contributed by atoms with Crippen LogP contribution in [0.2, 0.25) is 0 Å². The Labute approximate surface area is 147 Å². The maximum absolute atomic E-state index is 12.1. The molecule has 0 atom stereocenters. The highest BCUT2D eigenvalue weighted by atomic mass is 32.2. The van der Waals surface area contributed by atoms with Crippen molar-refractivity contribution in [3.05, 3.63) is 68.8 Å². The van der Waals surface area contributed by atoms with Crippen molar-refractivity contribution in [2.24, 2.45) is 0 Å². The van der Waals surface area contributed by atoms with Gasteiger partial charge in [0.2, 0.25) is 5.95 Å². The summed E-state index contributed by atoms with van der Waals surface area (Å²) in [6.45, 7) is 0.737. The number of rotatable bonds is 8. The van der Waals surface area contributed by atoms with Crippen molar-refractivity contribution in [1.29, 1.82) is 0 Å². The van der Waals surface area contributed by atoms with Crippen LogP contribution in [-0.2, 0) is 12.2 Å². The summed E-state index contributed by atoms with van der Waals surface area (Å²) in [4.78, 5) is 27.5. The van der Waals surface area contributed by atoms with E-state index in [2.05, 4.69) is 25.3 Å². The van der Waals surface area contributed by atoms with Crippen LogP contribution in [0.4, 0.5) is 5.95 Å². The normalized spacial score (nSPS) is 10.7. The van der Waals surface area contributed by atoms with Gasteiger partial charge in [0.1, 0.15) is 5.01 Å². The number of H-pyrrole nitrogens is 1. The van der Waals surface area contributed by atoms with Crippen LogP contribution in [0, 0.1) is 0 Å². The number of aromatic amines is 1. The molecule has 3 heterocycles. The summed E-state index contributed by atoms with van der Waals surface area (Å²) in [5, 5.41) is 6.25. The van der Waals surface area contributed by atoms with Gasteiger partial charge in [0.15, 0.2) is 0 Å². The summed E-state index contributed by atoms with van der Waals surface area (Å²) in [5.41, 5.74) is 1.50. The molecular formula is C16H17N5OS2. The van der Waals surface area contributed by atoms with Crippen LogP contribution in [0.25, 0.3) is 0 Å². The van der Waals surface area contributed by atoms with Crippen molar-refractivity contribution in [3.8, 4) is 0 Å². The Morgan fingerprint density at radius 2 is 2.21 bits per heavy atom. The van der Waals surface area contributed by atoms with E-state index in [1.165, 1.54) is 0 Å². The Morgan fingerprint density at radius 3 is 2.96 bits per heavy atom. The van der Waals surface area contributed by atoms with E-state index in [9.17, 15) is 4.79 Å². The molecule has 0 aromatic carbocycles. The lowest BCUT2D eigenvalue weighted by atomic mass is 10.1. The fraction of sp³-hybridized carbons (Fsp3) is 0.250. The second-order valence-electron chi connectivity index (χ2n) is 5.03. The molecule has 0 radical (unpaired) electrons. The highest BCUT2D eigenvalue weighted by Crippen LogP contribution is 2.13. The van der Waals surface area contributed by atoms with Gasteiger partial charge in [-0.1, -0.05) is 6.07 Å². The summed E-state index contributed by atoms with van der Waals surface area (Å²) in [6.07, 6.45) is 7.44. The van der Waals surface area contributed by atoms with Gasteiger partial charge in [-0.25, -0.2) is 9.97 Å². The topological polar surface area (TPSA) is 83.6 Å². The van der Waals surface area contributed by atoms with Gasteiger partial charge < -0.3 is 5.32 Å². The van der Waals surface area contributed by atoms with E-state index in [-0.39, 0.29) is 5.56 Å². The van der Waals surface area contributed by atoms with E-state index in [4.69, 9.17) is 0 Å². The maximum atomic E-state index is 12.1. The molecule has 0 aliphatic heterocycles. The van der Waals surface area contributed by atoms with Gasteiger partial charge in [-0.05, 0) is 11.6 Å². The lowest BCUT2D eigenvalue weighted by molar-refractivity contribution is 1.00. The zero-order valence-corrected chi connectivity index (χ0v) is 14.6. The zero-order chi connectivity index (χ0) is 16.6.